The first-order chi connectivity index (χ1) is 8.03. The number of nitrogens with one attached hydrogen (secondary N) is 1. The monoisotopic (exact) mass is 339 g/mol. The molecular formula is C11H18BrNO2S2. The molecule has 0 aliphatic rings. The average molecular weight is 340 g/mol. The van der Waals surface area contributed by atoms with Gasteiger partial charge in [0.05, 0.1) is 11.5 Å². The van der Waals surface area contributed by atoms with Gasteiger partial charge in [-0.3, -0.25) is 0 Å². The fourth-order valence-electron chi connectivity index (χ4n) is 1.35. The van der Waals surface area contributed by atoms with Gasteiger partial charge < -0.3 is 5.32 Å². The molecule has 0 amide bonds. The predicted molar refractivity (Wildman–Crippen MR) is 77.3 cm³/mol. The van der Waals surface area contributed by atoms with Gasteiger partial charge in [-0.1, -0.05) is 13.3 Å². The Bertz CT molecular complexity index is 428. The van der Waals surface area contributed by atoms with Gasteiger partial charge in [0.15, 0.2) is 9.84 Å². The van der Waals surface area contributed by atoms with Crippen LogP contribution in [0.3, 0.4) is 0 Å². The van der Waals surface area contributed by atoms with E-state index < -0.39 is 9.84 Å². The van der Waals surface area contributed by atoms with E-state index in [4.69, 9.17) is 0 Å². The third-order valence-electron chi connectivity index (χ3n) is 2.32. The van der Waals surface area contributed by atoms with E-state index in [1.807, 2.05) is 18.4 Å². The van der Waals surface area contributed by atoms with Gasteiger partial charge in [-0.05, 0) is 28.4 Å². The van der Waals surface area contributed by atoms with Crippen molar-refractivity contribution >= 4 is 37.1 Å². The van der Waals surface area contributed by atoms with Crippen LogP contribution in [-0.2, 0) is 16.4 Å². The van der Waals surface area contributed by atoms with Crippen molar-refractivity contribution in [3.05, 3.63) is 20.8 Å². The van der Waals surface area contributed by atoms with Crippen molar-refractivity contribution in [2.24, 2.45) is 0 Å². The normalized spacial score (nSPS) is 11.9. The summed E-state index contributed by atoms with van der Waals surface area (Å²) in [7, 11) is -2.86. The van der Waals surface area contributed by atoms with Gasteiger partial charge in [0.25, 0.3) is 0 Å². The van der Waals surface area contributed by atoms with Crippen LogP contribution < -0.4 is 5.32 Å². The fraction of sp³-hybridized carbons (Fsp3) is 0.636. The highest BCUT2D eigenvalue weighted by Gasteiger charge is 2.09. The lowest BCUT2D eigenvalue weighted by Gasteiger charge is -2.04. The lowest BCUT2D eigenvalue weighted by molar-refractivity contribution is 0.587. The summed E-state index contributed by atoms with van der Waals surface area (Å²) >= 11 is 5.05. The number of unbranched alkanes of at least 4 members (excludes halogenated alkanes) is 1. The highest BCUT2D eigenvalue weighted by molar-refractivity contribution is 9.10. The molecule has 0 saturated heterocycles. The van der Waals surface area contributed by atoms with Crippen LogP contribution in [0.15, 0.2) is 15.9 Å². The summed E-state index contributed by atoms with van der Waals surface area (Å²) in [5.74, 6) is 0.551. The van der Waals surface area contributed by atoms with Crippen LogP contribution in [0.1, 0.15) is 24.6 Å². The van der Waals surface area contributed by atoms with Crippen LogP contribution in [0.4, 0.5) is 0 Å². The molecule has 6 heteroatoms. The molecule has 0 aromatic carbocycles. The summed E-state index contributed by atoms with van der Waals surface area (Å²) < 4.78 is 24.2. The lowest BCUT2D eigenvalue weighted by Crippen LogP contribution is -2.23. The van der Waals surface area contributed by atoms with Gasteiger partial charge in [-0.2, -0.15) is 0 Å². The SMILES string of the molecule is CCCCS(=O)(=O)CCNCc1cc(Br)cs1. The highest BCUT2D eigenvalue weighted by Crippen LogP contribution is 2.19. The molecule has 0 radical (unpaired) electrons. The Morgan fingerprint density at radius 1 is 1.41 bits per heavy atom. The largest absolute Gasteiger partial charge is 0.311 e. The zero-order valence-corrected chi connectivity index (χ0v) is 13.1. The van der Waals surface area contributed by atoms with E-state index in [9.17, 15) is 8.42 Å². The Balaban J connectivity index is 2.19. The first-order valence-corrected chi connectivity index (χ1v) is 9.17. The van der Waals surface area contributed by atoms with Crippen LogP contribution in [-0.4, -0.2) is 26.5 Å². The highest BCUT2D eigenvalue weighted by atomic mass is 79.9. The summed E-state index contributed by atoms with van der Waals surface area (Å²) in [6.07, 6.45) is 1.69. The first kappa shape index (κ1) is 15.1. The van der Waals surface area contributed by atoms with Crippen molar-refractivity contribution in [3.8, 4) is 0 Å². The smallest absolute Gasteiger partial charge is 0.151 e. The zero-order valence-electron chi connectivity index (χ0n) is 9.91. The minimum absolute atomic E-state index is 0.236. The zero-order chi connectivity index (χ0) is 12.7. The number of sulfone groups is 1. The van der Waals surface area contributed by atoms with Crippen molar-refractivity contribution in [1.82, 2.24) is 5.32 Å². The van der Waals surface area contributed by atoms with Crippen molar-refractivity contribution in [3.63, 3.8) is 0 Å². The molecule has 1 rings (SSSR count). The van der Waals surface area contributed by atoms with Crippen LogP contribution in [0.2, 0.25) is 0 Å². The van der Waals surface area contributed by atoms with Crippen LogP contribution in [0.25, 0.3) is 0 Å². The molecule has 0 aliphatic carbocycles. The molecule has 0 fully saturated rings. The maximum atomic E-state index is 11.6. The molecule has 1 N–H and O–H groups in total. The summed E-state index contributed by atoms with van der Waals surface area (Å²) in [5, 5.41) is 5.18. The second-order valence-corrected chi connectivity index (χ2v) is 8.13. The molecule has 1 heterocycles. The molecule has 98 valence electrons. The Kier molecular flexibility index (Phi) is 6.69. The Hall–Kier alpha value is 0.0900. The Morgan fingerprint density at radius 3 is 2.76 bits per heavy atom. The third kappa shape index (κ3) is 6.55. The second-order valence-electron chi connectivity index (χ2n) is 3.91. The lowest BCUT2D eigenvalue weighted by atomic mass is 10.4. The summed E-state index contributed by atoms with van der Waals surface area (Å²) in [6.45, 7) is 3.27. The summed E-state index contributed by atoms with van der Waals surface area (Å²) in [5.41, 5.74) is 0. The van der Waals surface area contributed by atoms with Crippen molar-refractivity contribution in [2.75, 3.05) is 18.1 Å². The quantitative estimate of drug-likeness (QED) is 0.740. The van der Waals surface area contributed by atoms with Crippen molar-refractivity contribution < 1.29 is 8.42 Å². The molecule has 0 atom stereocenters. The first-order valence-electron chi connectivity index (χ1n) is 5.67. The number of halogens is 1. The summed E-state index contributed by atoms with van der Waals surface area (Å²) in [6, 6.07) is 2.04. The van der Waals surface area contributed by atoms with E-state index in [1.165, 1.54) is 4.88 Å². The molecule has 3 nitrogen and oxygen atoms in total. The molecule has 1 aromatic heterocycles. The third-order valence-corrected chi connectivity index (χ3v) is 5.75. The number of rotatable bonds is 8. The topological polar surface area (TPSA) is 46.2 Å². The minimum atomic E-state index is -2.86. The van der Waals surface area contributed by atoms with Crippen molar-refractivity contribution in [2.45, 2.75) is 26.3 Å². The average Bonchev–Trinajstić information content (AvgIpc) is 2.68. The Labute approximate surface area is 116 Å². The molecule has 0 bridgehead atoms. The molecular weight excluding hydrogens is 322 g/mol. The molecule has 0 aliphatic heterocycles. The van der Waals surface area contributed by atoms with E-state index in [0.717, 1.165) is 23.9 Å². The van der Waals surface area contributed by atoms with Gasteiger partial charge in [0, 0.05) is 27.8 Å². The van der Waals surface area contributed by atoms with E-state index in [2.05, 4.69) is 21.2 Å². The van der Waals surface area contributed by atoms with E-state index in [0.29, 0.717) is 12.3 Å². The van der Waals surface area contributed by atoms with Crippen LogP contribution in [0.5, 0.6) is 0 Å². The molecule has 1 aromatic rings. The van der Waals surface area contributed by atoms with Crippen LogP contribution >= 0.6 is 27.3 Å². The molecule has 0 saturated carbocycles. The van der Waals surface area contributed by atoms with Gasteiger partial charge in [-0.25, -0.2) is 8.42 Å². The van der Waals surface area contributed by atoms with Gasteiger partial charge >= 0.3 is 0 Å². The van der Waals surface area contributed by atoms with Gasteiger partial charge in [0.1, 0.15) is 0 Å². The van der Waals surface area contributed by atoms with E-state index in [1.54, 1.807) is 11.3 Å². The van der Waals surface area contributed by atoms with E-state index >= 15 is 0 Å². The molecule has 0 spiro atoms. The fourth-order valence-corrected chi connectivity index (χ4v) is 4.16. The second kappa shape index (κ2) is 7.51. The Morgan fingerprint density at radius 2 is 2.18 bits per heavy atom. The summed E-state index contributed by atoms with van der Waals surface area (Å²) in [4.78, 5) is 1.21. The maximum absolute atomic E-state index is 11.6. The van der Waals surface area contributed by atoms with Crippen molar-refractivity contribution in [1.29, 1.82) is 0 Å². The number of hydrogen-bond donors (Lipinski definition) is 1. The standard InChI is InChI=1S/C11H18BrNO2S2/c1-2-3-5-17(14,15)6-4-13-8-11-7-10(12)9-16-11/h7,9,13H,2-6,8H2,1H3. The predicted octanol–water partition coefficient (Wildman–Crippen LogP) is 2.82. The van der Waals surface area contributed by atoms with Gasteiger partial charge in [0.2, 0.25) is 0 Å². The van der Waals surface area contributed by atoms with Gasteiger partial charge in [-0.15, -0.1) is 11.3 Å². The molecule has 0 unspecified atom stereocenters. The van der Waals surface area contributed by atoms with E-state index in [-0.39, 0.29) is 5.75 Å². The molecule has 17 heavy (non-hydrogen) atoms. The number of thiophene rings is 1. The maximum Gasteiger partial charge on any atom is 0.151 e. The van der Waals surface area contributed by atoms with Crippen LogP contribution in [0, 0.1) is 0 Å². The number of hydrogen-bond acceptors (Lipinski definition) is 4. The minimum Gasteiger partial charge on any atom is -0.311 e.